The van der Waals surface area contributed by atoms with Crippen molar-refractivity contribution in [3.05, 3.63) is 30.3 Å². The Morgan fingerprint density at radius 3 is 2.56 bits per heavy atom. The van der Waals surface area contributed by atoms with Crippen LogP contribution >= 0.6 is 0 Å². The van der Waals surface area contributed by atoms with Crippen molar-refractivity contribution in [1.29, 1.82) is 5.26 Å². The van der Waals surface area contributed by atoms with Crippen molar-refractivity contribution in [1.82, 2.24) is 5.32 Å². The lowest BCUT2D eigenvalue weighted by Crippen LogP contribution is -2.36. The molecule has 16 heavy (non-hydrogen) atoms. The van der Waals surface area contributed by atoms with Gasteiger partial charge in [-0.25, -0.2) is 4.79 Å². The predicted octanol–water partition coefficient (Wildman–Crippen LogP) is 2.36. The van der Waals surface area contributed by atoms with E-state index in [4.69, 9.17) is 5.26 Å². The highest BCUT2D eigenvalue weighted by atomic mass is 16.2. The summed E-state index contributed by atoms with van der Waals surface area (Å²) in [6.07, 6.45) is 0. The lowest BCUT2D eigenvalue weighted by Gasteiger charge is -2.16. The second-order valence-corrected chi connectivity index (χ2v) is 4.17. The molecule has 1 rings (SSSR count). The largest absolute Gasteiger partial charge is 0.336 e. The van der Waals surface area contributed by atoms with Crippen LogP contribution in [0.2, 0.25) is 0 Å². The minimum Gasteiger partial charge on any atom is -0.336 e. The van der Waals surface area contributed by atoms with E-state index in [1.807, 2.05) is 18.2 Å². The minimum absolute atomic E-state index is 0.297. The Morgan fingerprint density at radius 1 is 1.38 bits per heavy atom. The molecule has 0 heterocycles. The molecule has 0 radical (unpaired) electrons. The summed E-state index contributed by atoms with van der Waals surface area (Å²) in [6, 6.07) is 11.0. The van der Waals surface area contributed by atoms with Gasteiger partial charge in [0.1, 0.15) is 0 Å². The van der Waals surface area contributed by atoms with Crippen molar-refractivity contribution in [3.8, 4) is 6.07 Å². The lowest BCUT2D eigenvalue weighted by atomic mass is 9.96. The summed E-state index contributed by atoms with van der Waals surface area (Å²) >= 11 is 0. The average molecular weight is 217 g/mol. The third-order valence-electron chi connectivity index (χ3n) is 2.03. The summed E-state index contributed by atoms with van der Waals surface area (Å²) in [5.74, 6) is 0. The van der Waals surface area contributed by atoms with Gasteiger partial charge in [-0.1, -0.05) is 18.2 Å². The van der Waals surface area contributed by atoms with Gasteiger partial charge in [-0.2, -0.15) is 5.26 Å². The maximum absolute atomic E-state index is 11.4. The van der Waals surface area contributed by atoms with Crippen LogP contribution in [0.1, 0.15) is 13.8 Å². The van der Waals surface area contributed by atoms with E-state index in [2.05, 4.69) is 16.7 Å². The fourth-order valence-corrected chi connectivity index (χ4v) is 1.04. The number of hydrogen-bond acceptors (Lipinski definition) is 2. The first-order valence-corrected chi connectivity index (χ1v) is 5.05. The van der Waals surface area contributed by atoms with Gasteiger partial charge in [0.05, 0.1) is 11.5 Å². The highest BCUT2D eigenvalue weighted by molar-refractivity contribution is 5.89. The quantitative estimate of drug-likeness (QED) is 0.816. The molecule has 0 aliphatic heterocycles. The molecule has 0 fully saturated rings. The molecule has 1 aromatic carbocycles. The lowest BCUT2D eigenvalue weighted by molar-refractivity contribution is 0.249. The Kier molecular flexibility index (Phi) is 3.90. The molecule has 2 N–H and O–H groups in total. The van der Waals surface area contributed by atoms with Crippen LogP contribution in [0.4, 0.5) is 10.5 Å². The Balaban J connectivity index is 2.41. The highest BCUT2D eigenvalue weighted by Gasteiger charge is 2.17. The molecule has 2 amide bonds. The third-order valence-corrected chi connectivity index (χ3v) is 2.03. The van der Waals surface area contributed by atoms with Crippen molar-refractivity contribution >= 4 is 11.7 Å². The molecule has 0 aromatic heterocycles. The number of carbonyl (C=O) groups is 1. The van der Waals surface area contributed by atoms with E-state index in [0.717, 1.165) is 5.69 Å². The summed E-state index contributed by atoms with van der Waals surface area (Å²) in [5, 5.41) is 14.1. The summed E-state index contributed by atoms with van der Waals surface area (Å²) in [6.45, 7) is 3.87. The molecule has 0 aliphatic carbocycles. The van der Waals surface area contributed by atoms with Gasteiger partial charge in [-0.15, -0.1) is 0 Å². The molecule has 4 heteroatoms. The molecular formula is C12H15N3O. The number of carbonyl (C=O) groups excluding carboxylic acids is 1. The number of para-hydroxylation sites is 1. The second kappa shape index (κ2) is 5.17. The Labute approximate surface area is 95.3 Å². The van der Waals surface area contributed by atoms with Crippen molar-refractivity contribution in [2.75, 3.05) is 11.9 Å². The maximum atomic E-state index is 11.4. The smallest absolute Gasteiger partial charge is 0.319 e. The number of nitrogens with one attached hydrogen (secondary N) is 2. The van der Waals surface area contributed by atoms with Crippen molar-refractivity contribution in [2.24, 2.45) is 5.41 Å². The van der Waals surface area contributed by atoms with E-state index in [9.17, 15) is 4.79 Å². The second-order valence-electron chi connectivity index (χ2n) is 4.17. The van der Waals surface area contributed by atoms with Crippen LogP contribution in [0, 0.1) is 16.7 Å². The van der Waals surface area contributed by atoms with Crippen LogP contribution in [-0.2, 0) is 0 Å². The SMILES string of the molecule is CC(C)(C#N)CNC(=O)Nc1ccccc1. The zero-order valence-corrected chi connectivity index (χ0v) is 9.45. The number of benzene rings is 1. The number of anilines is 1. The van der Waals surface area contributed by atoms with Crippen LogP contribution in [0.25, 0.3) is 0 Å². The number of urea groups is 1. The predicted molar refractivity (Wildman–Crippen MR) is 62.9 cm³/mol. The molecule has 0 unspecified atom stereocenters. The normalized spacial score (nSPS) is 10.3. The van der Waals surface area contributed by atoms with E-state index in [-0.39, 0.29) is 6.03 Å². The molecule has 84 valence electrons. The first kappa shape index (κ1) is 12.1. The molecular weight excluding hydrogens is 202 g/mol. The summed E-state index contributed by atoms with van der Waals surface area (Å²) in [5.41, 5.74) is 0.184. The summed E-state index contributed by atoms with van der Waals surface area (Å²) < 4.78 is 0. The van der Waals surface area contributed by atoms with Crippen LogP contribution < -0.4 is 10.6 Å². The maximum Gasteiger partial charge on any atom is 0.319 e. The molecule has 4 nitrogen and oxygen atoms in total. The minimum atomic E-state index is -0.548. The van der Waals surface area contributed by atoms with Crippen molar-refractivity contribution < 1.29 is 4.79 Å². The molecule has 0 saturated heterocycles. The first-order chi connectivity index (χ1) is 7.53. The van der Waals surface area contributed by atoms with Gasteiger partial charge in [-0.3, -0.25) is 0 Å². The van der Waals surface area contributed by atoms with Gasteiger partial charge in [0.25, 0.3) is 0 Å². The van der Waals surface area contributed by atoms with Gasteiger partial charge in [0.2, 0.25) is 0 Å². The number of amides is 2. The van der Waals surface area contributed by atoms with Gasteiger partial charge in [-0.05, 0) is 26.0 Å². The Bertz CT molecular complexity index is 392. The number of hydrogen-bond donors (Lipinski definition) is 2. The monoisotopic (exact) mass is 217 g/mol. The molecule has 0 atom stereocenters. The molecule has 1 aromatic rings. The fraction of sp³-hybridized carbons (Fsp3) is 0.333. The molecule has 0 saturated carbocycles. The first-order valence-electron chi connectivity index (χ1n) is 5.05. The van der Waals surface area contributed by atoms with Gasteiger partial charge >= 0.3 is 6.03 Å². The van der Waals surface area contributed by atoms with Crippen LogP contribution in [0.5, 0.6) is 0 Å². The highest BCUT2D eigenvalue weighted by Crippen LogP contribution is 2.10. The molecule has 0 aliphatic rings. The number of rotatable bonds is 3. The van der Waals surface area contributed by atoms with Crippen LogP contribution in [-0.4, -0.2) is 12.6 Å². The topological polar surface area (TPSA) is 64.9 Å². The van der Waals surface area contributed by atoms with E-state index in [0.29, 0.717) is 6.54 Å². The van der Waals surface area contributed by atoms with Gasteiger partial charge in [0.15, 0.2) is 0 Å². The van der Waals surface area contributed by atoms with Gasteiger partial charge in [0, 0.05) is 12.2 Å². The summed E-state index contributed by atoms with van der Waals surface area (Å²) in [4.78, 5) is 11.4. The van der Waals surface area contributed by atoms with Crippen LogP contribution in [0.3, 0.4) is 0 Å². The van der Waals surface area contributed by atoms with E-state index in [1.54, 1.807) is 26.0 Å². The van der Waals surface area contributed by atoms with E-state index in [1.165, 1.54) is 0 Å². The van der Waals surface area contributed by atoms with E-state index >= 15 is 0 Å². The van der Waals surface area contributed by atoms with Crippen LogP contribution in [0.15, 0.2) is 30.3 Å². The van der Waals surface area contributed by atoms with Crippen molar-refractivity contribution in [3.63, 3.8) is 0 Å². The Hall–Kier alpha value is -2.02. The molecule has 0 spiro atoms. The fourth-order valence-electron chi connectivity index (χ4n) is 1.04. The standard InChI is InChI=1S/C12H15N3O/c1-12(2,8-13)9-14-11(16)15-10-6-4-3-5-7-10/h3-7H,9H2,1-2H3,(H2,14,15,16). The Morgan fingerprint density at radius 2 is 2.00 bits per heavy atom. The van der Waals surface area contributed by atoms with Crippen molar-refractivity contribution in [2.45, 2.75) is 13.8 Å². The van der Waals surface area contributed by atoms with Gasteiger partial charge < -0.3 is 10.6 Å². The molecule has 0 bridgehead atoms. The zero-order chi connectivity index (χ0) is 12.0. The number of nitriles is 1. The number of nitrogens with zero attached hydrogens (tertiary/aromatic N) is 1. The third kappa shape index (κ3) is 4.01. The summed E-state index contributed by atoms with van der Waals surface area (Å²) in [7, 11) is 0. The average Bonchev–Trinajstić information content (AvgIpc) is 2.28. The van der Waals surface area contributed by atoms with E-state index < -0.39 is 5.41 Å². The zero-order valence-electron chi connectivity index (χ0n) is 9.45.